The normalized spacial score (nSPS) is 16.5. The number of nitrogens with two attached hydrogens (primary N) is 1. The Balaban J connectivity index is 1.95. The van der Waals surface area contributed by atoms with Crippen LogP contribution in [0.2, 0.25) is 0 Å². The lowest BCUT2D eigenvalue weighted by molar-refractivity contribution is 0.0948. The number of nitrogens with zero attached hydrogens (tertiary/aromatic N) is 4. The molecular formula is C15H21N5O. The van der Waals surface area contributed by atoms with Crippen molar-refractivity contribution >= 4 is 5.69 Å². The lowest BCUT2D eigenvalue weighted by atomic mass is 9.67. The predicted molar refractivity (Wildman–Crippen MR) is 80.8 cm³/mol. The first-order valence-corrected chi connectivity index (χ1v) is 7.37. The molecule has 0 spiro atoms. The van der Waals surface area contributed by atoms with Crippen LogP contribution in [0.5, 0.6) is 5.75 Å². The van der Waals surface area contributed by atoms with Gasteiger partial charge in [-0.2, -0.15) is 0 Å². The first-order valence-electron chi connectivity index (χ1n) is 7.37. The maximum Gasteiger partial charge on any atom is 0.185 e. The Kier molecular flexibility index (Phi) is 3.53. The maximum atomic E-state index is 5.81. The number of methoxy groups -OCH3 is 1. The third kappa shape index (κ3) is 2.46. The molecule has 0 unspecified atom stereocenters. The van der Waals surface area contributed by atoms with Crippen molar-refractivity contribution in [1.29, 1.82) is 0 Å². The van der Waals surface area contributed by atoms with Crippen molar-refractivity contribution in [3.05, 3.63) is 18.2 Å². The summed E-state index contributed by atoms with van der Waals surface area (Å²) >= 11 is 0. The predicted octanol–water partition coefficient (Wildman–Crippen LogP) is 2.51. The highest BCUT2D eigenvalue weighted by molar-refractivity contribution is 5.67. The molecule has 1 aromatic heterocycles. The fraction of sp³-hybridized carbons (Fsp3) is 0.533. The second-order valence-electron chi connectivity index (χ2n) is 5.83. The third-order valence-corrected chi connectivity index (χ3v) is 4.65. The van der Waals surface area contributed by atoms with Crippen molar-refractivity contribution in [1.82, 2.24) is 20.2 Å². The third-order valence-electron chi connectivity index (χ3n) is 4.65. The fourth-order valence-corrected chi connectivity index (χ4v) is 3.01. The summed E-state index contributed by atoms with van der Waals surface area (Å²) in [5, 5.41) is 12.2. The maximum absolute atomic E-state index is 5.81. The number of hydrogen-bond donors (Lipinski definition) is 1. The van der Waals surface area contributed by atoms with Crippen molar-refractivity contribution < 1.29 is 4.74 Å². The number of anilines is 1. The van der Waals surface area contributed by atoms with Crippen LogP contribution in [0.4, 0.5) is 5.69 Å². The number of tetrazole rings is 1. The average Bonchev–Trinajstić information content (AvgIpc) is 2.90. The van der Waals surface area contributed by atoms with Gasteiger partial charge in [0, 0.05) is 11.8 Å². The van der Waals surface area contributed by atoms with E-state index in [0.29, 0.717) is 16.9 Å². The van der Waals surface area contributed by atoms with Gasteiger partial charge in [0.05, 0.1) is 19.2 Å². The Labute approximate surface area is 124 Å². The molecule has 1 aliphatic carbocycles. The summed E-state index contributed by atoms with van der Waals surface area (Å²) in [5.41, 5.74) is 7.70. The SMILES string of the molecule is CCC1(Cn2nnnc2-c2ccc(N)cc2OC)CCC1. The van der Waals surface area contributed by atoms with Crippen molar-refractivity contribution in [3.8, 4) is 17.1 Å². The first-order chi connectivity index (χ1) is 10.2. The highest BCUT2D eigenvalue weighted by Crippen LogP contribution is 2.45. The van der Waals surface area contributed by atoms with E-state index >= 15 is 0 Å². The highest BCUT2D eigenvalue weighted by Gasteiger charge is 2.36. The molecule has 2 aromatic rings. The Morgan fingerprint density at radius 2 is 2.19 bits per heavy atom. The molecule has 21 heavy (non-hydrogen) atoms. The lowest BCUT2D eigenvalue weighted by Gasteiger charge is -2.41. The summed E-state index contributed by atoms with van der Waals surface area (Å²) in [4.78, 5) is 0. The molecule has 0 radical (unpaired) electrons. The van der Waals surface area contributed by atoms with Crippen molar-refractivity contribution in [3.63, 3.8) is 0 Å². The summed E-state index contributed by atoms with van der Waals surface area (Å²) in [6.45, 7) is 3.10. The monoisotopic (exact) mass is 287 g/mol. The van der Waals surface area contributed by atoms with Crippen LogP contribution in [-0.2, 0) is 6.54 Å². The summed E-state index contributed by atoms with van der Waals surface area (Å²) in [7, 11) is 1.63. The van der Waals surface area contributed by atoms with E-state index in [1.807, 2.05) is 16.8 Å². The quantitative estimate of drug-likeness (QED) is 0.855. The Morgan fingerprint density at radius 1 is 1.38 bits per heavy atom. The van der Waals surface area contributed by atoms with E-state index in [1.54, 1.807) is 13.2 Å². The highest BCUT2D eigenvalue weighted by atomic mass is 16.5. The van der Waals surface area contributed by atoms with Gasteiger partial charge in [-0.05, 0) is 47.2 Å². The van der Waals surface area contributed by atoms with E-state index in [2.05, 4.69) is 22.4 Å². The minimum atomic E-state index is 0.352. The van der Waals surface area contributed by atoms with Gasteiger partial charge in [0.1, 0.15) is 5.75 Å². The van der Waals surface area contributed by atoms with Crippen LogP contribution in [0.1, 0.15) is 32.6 Å². The summed E-state index contributed by atoms with van der Waals surface area (Å²) < 4.78 is 7.31. The van der Waals surface area contributed by atoms with Crippen molar-refractivity contribution in [2.75, 3.05) is 12.8 Å². The minimum Gasteiger partial charge on any atom is -0.496 e. The average molecular weight is 287 g/mol. The van der Waals surface area contributed by atoms with Gasteiger partial charge in [-0.3, -0.25) is 0 Å². The molecule has 1 saturated carbocycles. The van der Waals surface area contributed by atoms with E-state index in [1.165, 1.54) is 19.3 Å². The van der Waals surface area contributed by atoms with Crippen molar-refractivity contribution in [2.24, 2.45) is 5.41 Å². The van der Waals surface area contributed by atoms with Gasteiger partial charge in [0.2, 0.25) is 0 Å². The molecule has 112 valence electrons. The van der Waals surface area contributed by atoms with Crippen LogP contribution < -0.4 is 10.5 Å². The van der Waals surface area contributed by atoms with Gasteiger partial charge in [0.15, 0.2) is 5.82 Å². The minimum absolute atomic E-state index is 0.352. The van der Waals surface area contributed by atoms with Gasteiger partial charge in [-0.25, -0.2) is 4.68 Å². The molecule has 1 heterocycles. The number of benzene rings is 1. The molecule has 6 nitrogen and oxygen atoms in total. The van der Waals surface area contributed by atoms with Crippen LogP contribution in [0.15, 0.2) is 18.2 Å². The zero-order valence-electron chi connectivity index (χ0n) is 12.5. The van der Waals surface area contributed by atoms with E-state index in [9.17, 15) is 0 Å². The Bertz CT molecular complexity index is 627. The number of nitrogen functional groups attached to an aromatic ring is 1. The molecule has 0 saturated heterocycles. The molecule has 0 aliphatic heterocycles. The standard InChI is InChI=1S/C15H21N5O/c1-3-15(7-4-8-15)10-20-14(17-18-19-20)12-6-5-11(16)9-13(12)21-2/h5-6,9H,3-4,7-8,10,16H2,1-2H3. The zero-order valence-corrected chi connectivity index (χ0v) is 12.5. The topological polar surface area (TPSA) is 78.9 Å². The summed E-state index contributed by atoms with van der Waals surface area (Å²) in [6.07, 6.45) is 4.96. The van der Waals surface area contributed by atoms with Gasteiger partial charge >= 0.3 is 0 Å². The molecule has 0 atom stereocenters. The van der Waals surface area contributed by atoms with E-state index in [-0.39, 0.29) is 0 Å². The van der Waals surface area contributed by atoms with Gasteiger partial charge in [-0.15, -0.1) is 5.10 Å². The number of rotatable bonds is 5. The molecule has 3 rings (SSSR count). The van der Waals surface area contributed by atoms with E-state index in [0.717, 1.165) is 24.4 Å². The number of ether oxygens (including phenoxy) is 1. The molecule has 1 fully saturated rings. The molecule has 2 N–H and O–H groups in total. The fourth-order valence-electron chi connectivity index (χ4n) is 3.01. The largest absolute Gasteiger partial charge is 0.496 e. The van der Waals surface area contributed by atoms with Crippen LogP contribution in [0, 0.1) is 5.41 Å². The van der Waals surface area contributed by atoms with Gasteiger partial charge in [0.25, 0.3) is 0 Å². The molecule has 6 heteroatoms. The van der Waals surface area contributed by atoms with Crippen molar-refractivity contribution in [2.45, 2.75) is 39.2 Å². The molecule has 1 aliphatic rings. The van der Waals surface area contributed by atoms with Crippen LogP contribution >= 0.6 is 0 Å². The van der Waals surface area contributed by atoms with Crippen LogP contribution in [0.25, 0.3) is 11.4 Å². The van der Waals surface area contributed by atoms with Crippen LogP contribution in [0.3, 0.4) is 0 Å². The molecule has 0 bridgehead atoms. The summed E-state index contributed by atoms with van der Waals surface area (Å²) in [6, 6.07) is 5.55. The van der Waals surface area contributed by atoms with Crippen LogP contribution in [-0.4, -0.2) is 27.3 Å². The first kappa shape index (κ1) is 13.9. The number of aromatic nitrogens is 4. The second-order valence-corrected chi connectivity index (χ2v) is 5.83. The van der Waals surface area contributed by atoms with E-state index in [4.69, 9.17) is 10.5 Å². The second kappa shape index (κ2) is 5.35. The smallest absolute Gasteiger partial charge is 0.185 e. The summed E-state index contributed by atoms with van der Waals surface area (Å²) in [5.74, 6) is 1.44. The Hall–Kier alpha value is -2.11. The zero-order chi connectivity index (χ0) is 14.9. The molecule has 0 amide bonds. The van der Waals surface area contributed by atoms with E-state index < -0.39 is 0 Å². The molecular weight excluding hydrogens is 266 g/mol. The number of hydrogen-bond acceptors (Lipinski definition) is 5. The Morgan fingerprint density at radius 3 is 2.81 bits per heavy atom. The lowest BCUT2D eigenvalue weighted by Crippen LogP contribution is -2.34. The molecule has 1 aromatic carbocycles. The van der Waals surface area contributed by atoms with Gasteiger partial charge < -0.3 is 10.5 Å². The van der Waals surface area contributed by atoms with Gasteiger partial charge in [-0.1, -0.05) is 13.3 Å².